The van der Waals surface area contributed by atoms with Gasteiger partial charge < -0.3 is 9.88 Å². The van der Waals surface area contributed by atoms with Crippen molar-refractivity contribution in [2.45, 2.75) is 39.2 Å². The first kappa shape index (κ1) is 20.1. The Bertz CT molecular complexity index is 1040. The summed E-state index contributed by atoms with van der Waals surface area (Å²) in [7, 11) is 0. The lowest BCUT2D eigenvalue weighted by atomic mass is 9.88. The fraction of sp³-hybridized carbons (Fsp3) is 0.320. The molecule has 0 unspecified atom stereocenters. The lowest BCUT2D eigenvalue weighted by Gasteiger charge is -2.32. The van der Waals surface area contributed by atoms with Crippen LogP contribution in [0.2, 0.25) is 0 Å². The number of aromatic nitrogens is 2. The summed E-state index contributed by atoms with van der Waals surface area (Å²) in [5.74, 6) is 1.49. The number of piperidine rings is 1. The number of benzene rings is 2. The summed E-state index contributed by atoms with van der Waals surface area (Å²) in [4.78, 5) is 26.8. The van der Waals surface area contributed by atoms with Crippen molar-refractivity contribution < 1.29 is 4.79 Å². The van der Waals surface area contributed by atoms with E-state index in [0.717, 1.165) is 54.3 Å². The minimum Gasteiger partial charge on any atom is -0.346 e. The molecule has 5 heteroatoms. The lowest BCUT2D eigenvalue weighted by molar-refractivity contribution is 0.0713. The van der Waals surface area contributed by atoms with E-state index in [0.29, 0.717) is 12.5 Å². The summed E-state index contributed by atoms with van der Waals surface area (Å²) in [6.07, 6.45) is 1.98. The van der Waals surface area contributed by atoms with Gasteiger partial charge in [0, 0.05) is 29.9 Å². The molecule has 1 aliphatic rings. The van der Waals surface area contributed by atoms with Crippen LogP contribution >= 0.6 is 0 Å². The van der Waals surface area contributed by atoms with Gasteiger partial charge in [0.1, 0.15) is 5.82 Å². The Hall–Kier alpha value is -3.21. The van der Waals surface area contributed by atoms with Crippen LogP contribution < -0.4 is 0 Å². The van der Waals surface area contributed by atoms with Gasteiger partial charge in [-0.2, -0.15) is 0 Å². The number of H-pyrrole nitrogens is 1. The smallest absolute Gasteiger partial charge is 0.253 e. The summed E-state index contributed by atoms with van der Waals surface area (Å²) in [5, 5.41) is 0. The van der Waals surface area contributed by atoms with Crippen molar-refractivity contribution in [3.8, 4) is 11.3 Å². The number of likely N-dealkylation sites (tertiary alicyclic amines) is 1. The summed E-state index contributed by atoms with van der Waals surface area (Å²) in [5.41, 5.74) is 6.17. The van der Waals surface area contributed by atoms with Crippen LogP contribution in [0, 0.1) is 13.8 Å². The predicted molar refractivity (Wildman–Crippen MR) is 121 cm³/mol. The highest BCUT2D eigenvalue weighted by molar-refractivity contribution is 5.95. The summed E-state index contributed by atoms with van der Waals surface area (Å²) < 4.78 is 0. The molecule has 0 spiro atoms. The Labute approximate surface area is 177 Å². The van der Waals surface area contributed by atoms with Crippen LogP contribution in [-0.2, 0) is 6.54 Å². The zero-order chi connectivity index (χ0) is 21.1. The molecule has 30 heavy (non-hydrogen) atoms. The SMILES string of the molecule is C=NCc1ccc(C2CCN(C(=O)c3cccc(-c4nc(C)[nH]c4C)c3)CC2)cc1. The van der Waals surface area contributed by atoms with Crippen molar-refractivity contribution in [2.75, 3.05) is 13.1 Å². The van der Waals surface area contributed by atoms with E-state index in [9.17, 15) is 4.79 Å². The number of hydrogen-bond acceptors (Lipinski definition) is 3. The van der Waals surface area contributed by atoms with Crippen molar-refractivity contribution in [2.24, 2.45) is 4.99 Å². The third-order valence-corrected chi connectivity index (χ3v) is 5.91. The summed E-state index contributed by atoms with van der Waals surface area (Å²) in [6, 6.07) is 16.5. The quantitative estimate of drug-likeness (QED) is 0.618. The molecular formula is C25H28N4O. The maximum Gasteiger partial charge on any atom is 0.253 e. The Balaban J connectivity index is 1.42. The highest BCUT2D eigenvalue weighted by Crippen LogP contribution is 2.29. The highest BCUT2D eigenvalue weighted by Gasteiger charge is 2.25. The molecule has 0 radical (unpaired) electrons. The van der Waals surface area contributed by atoms with Crippen LogP contribution in [0.3, 0.4) is 0 Å². The molecule has 1 aromatic heterocycles. The topological polar surface area (TPSA) is 61.4 Å². The largest absolute Gasteiger partial charge is 0.346 e. The molecule has 2 aromatic carbocycles. The number of nitrogens with zero attached hydrogens (tertiary/aromatic N) is 3. The number of carbonyl (C=O) groups excluding carboxylic acids is 1. The molecule has 0 aliphatic carbocycles. The van der Waals surface area contributed by atoms with Crippen LogP contribution in [0.1, 0.15) is 51.8 Å². The van der Waals surface area contributed by atoms with Gasteiger partial charge in [-0.25, -0.2) is 4.98 Å². The number of aryl methyl sites for hydroxylation is 2. The van der Waals surface area contributed by atoms with E-state index in [1.807, 2.05) is 43.0 Å². The second-order valence-electron chi connectivity index (χ2n) is 8.07. The molecular weight excluding hydrogens is 372 g/mol. The van der Waals surface area contributed by atoms with Crippen molar-refractivity contribution in [3.05, 3.63) is 76.7 Å². The molecule has 1 saturated heterocycles. The first-order valence-electron chi connectivity index (χ1n) is 10.5. The number of hydrogen-bond donors (Lipinski definition) is 1. The molecule has 5 nitrogen and oxygen atoms in total. The van der Waals surface area contributed by atoms with Crippen LogP contribution in [-0.4, -0.2) is 40.6 Å². The van der Waals surface area contributed by atoms with E-state index in [1.165, 1.54) is 11.1 Å². The molecule has 3 aromatic rings. The van der Waals surface area contributed by atoms with E-state index >= 15 is 0 Å². The zero-order valence-electron chi connectivity index (χ0n) is 17.7. The molecule has 1 aliphatic heterocycles. The molecule has 0 bridgehead atoms. The Morgan fingerprint density at radius 3 is 2.53 bits per heavy atom. The van der Waals surface area contributed by atoms with Crippen molar-refractivity contribution in [3.63, 3.8) is 0 Å². The van der Waals surface area contributed by atoms with Gasteiger partial charge in [0.25, 0.3) is 5.91 Å². The molecule has 0 saturated carbocycles. The number of nitrogens with one attached hydrogen (secondary N) is 1. The number of rotatable bonds is 5. The number of carbonyl (C=O) groups is 1. The maximum atomic E-state index is 13.1. The first-order valence-corrected chi connectivity index (χ1v) is 10.5. The van der Waals surface area contributed by atoms with Crippen LogP contribution in [0.4, 0.5) is 0 Å². The minimum atomic E-state index is 0.104. The molecule has 2 heterocycles. The van der Waals surface area contributed by atoms with Gasteiger partial charge in [0.2, 0.25) is 0 Å². The first-order chi connectivity index (χ1) is 14.5. The van der Waals surface area contributed by atoms with Gasteiger partial charge >= 0.3 is 0 Å². The van der Waals surface area contributed by atoms with Gasteiger partial charge in [0.05, 0.1) is 12.2 Å². The van der Waals surface area contributed by atoms with Crippen LogP contribution in [0.5, 0.6) is 0 Å². The van der Waals surface area contributed by atoms with Gasteiger partial charge in [-0.3, -0.25) is 9.79 Å². The van der Waals surface area contributed by atoms with E-state index < -0.39 is 0 Å². The highest BCUT2D eigenvalue weighted by atomic mass is 16.2. The number of aliphatic imine (C=N–C) groups is 1. The van der Waals surface area contributed by atoms with Crippen molar-refractivity contribution >= 4 is 12.6 Å². The average molecular weight is 401 g/mol. The number of amides is 1. The van der Waals surface area contributed by atoms with Gasteiger partial charge in [-0.1, -0.05) is 36.4 Å². The summed E-state index contributed by atoms with van der Waals surface area (Å²) in [6.45, 7) is 9.73. The standard InChI is InChI=1S/C25H28N4O/c1-17-24(28-18(2)27-17)22-5-4-6-23(15-22)25(30)29-13-11-21(12-14-29)20-9-7-19(8-10-20)16-26-3/h4-10,15,21H,3,11-14,16H2,1-2H3,(H,27,28). The van der Waals surface area contributed by atoms with Crippen molar-refractivity contribution in [1.29, 1.82) is 0 Å². The third kappa shape index (κ3) is 4.20. The van der Waals surface area contributed by atoms with Gasteiger partial charge in [0.15, 0.2) is 0 Å². The molecule has 0 atom stereocenters. The van der Waals surface area contributed by atoms with Crippen molar-refractivity contribution in [1.82, 2.24) is 14.9 Å². The minimum absolute atomic E-state index is 0.104. The molecule has 1 fully saturated rings. The molecule has 154 valence electrons. The third-order valence-electron chi connectivity index (χ3n) is 5.91. The summed E-state index contributed by atoms with van der Waals surface area (Å²) >= 11 is 0. The predicted octanol–water partition coefficient (Wildman–Crippen LogP) is 4.91. The fourth-order valence-corrected chi connectivity index (χ4v) is 4.31. The second-order valence-corrected chi connectivity index (χ2v) is 8.07. The maximum absolute atomic E-state index is 13.1. The van der Waals surface area contributed by atoms with E-state index in [4.69, 9.17) is 0 Å². The van der Waals surface area contributed by atoms with E-state index in [1.54, 1.807) is 0 Å². The zero-order valence-corrected chi connectivity index (χ0v) is 17.7. The second kappa shape index (κ2) is 8.66. The monoisotopic (exact) mass is 400 g/mol. The lowest BCUT2D eigenvalue weighted by Crippen LogP contribution is -2.37. The number of imidazole rings is 1. The normalized spacial score (nSPS) is 14.7. The molecule has 1 amide bonds. The van der Waals surface area contributed by atoms with E-state index in [-0.39, 0.29) is 5.91 Å². The van der Waals surface area contributed by atoms with Gasteiger partial charge in [-0.05, 0) is 62.6 Å². The van der Waals surface area contributed by atoms with E-state index in [2.05, 4.69) is 45.9 Å². The molecule has 4 rings (SSSR count). The Kier molecular flexibility index (Phi) is 5.79. The average Bonchev–Trinajstić information content (AvgIpc) is 3.12. The van der Waals surface area contributed by atoms with Crippen LogP contribution in [0.15, 0.2) is 53.5 Å². The molecule has 1 N–H and O–H groups in total. The van der Waals surface area contributed by atoms with Crippen LogP contribution in [0.25, 0.3) is 11.3 Å². The fourth-order valence-electron chi connectivity index (χ4n) is 4.31. The number of aromatic amines is 1. The van der Waals surface area contributed by atoms with Gasteiger partial charge in [-0.15, -0.1) is 0 Å². The Morgan fingerprint density at radius 2 is 1.90 bits per heavy atom. The Morgan fingerprint density at radius 1 is 1.17 bits per heavy atom.